The van der Waals surface area contributed by atoms with Crippen LogP contribution >= 0.6 is 12.4 Å². The average molecular weight is 262 g/mol. The van der Waals surface area contributed by atoms with Gasteiger partial charge in [0.1, 0.15) is 0 Å². The van der Waals surface area contributed by atoms with Gasteiger partial charge in [-0.3, -0.25) is 0 Å². The van der Waals surface area contributed by atoms with Crippen LogP contribution in [0.5, 0.6) is 0 Å². The Kier molecular flexibility index (Phi) is 6.48. The van der Waals surface area contributed by atoms with Crippen LogP contribution in [0.2, 0.25) is 0 Å². The molecule has 0 saturated carbocycles. The fourth-order valence-electron chi connectivity index (χ4n) is 1.84. The summed E-state index contributed by atoms with van der Waals surface area (Å²) in [6, 6.07) is 19.3. The summed E-state index contributed by atoms with van der Waals surface area (Å²) in [5.41, 5.74) is 4.08. The minimum Gasteiger partial charge on any atom is -0.309 e. The summed E-state index contributed by atoms with van der Waals surface area (Å²) in [7, 11) is 0. The van der Waals surface area contributed by atoms with Gasteiger partial charge >= 0.3 is 0 Å². The van der Waals surface area contributed by atoms with Gasteiger partial charge in [0, 0.05) is 13.1 Å². The average Bonchev–Trinajstić information content (AvgIpc) is 2.41. The maximum atomic E-state index is 3.46. The first-order valence-corrected chi connectivity index (χ1v) is 6.21. The fraction of sp³-hybridized carbons (Fsp3) is 0.250. The normalized spacial score (nSPS) is 9.83. The first kappa shape index (κ1) is 14.7. The zero-order valence-electron chi connectivity index (χ0n) is 10.7. The van der Waals surface area contributed by atoms with Gasteiger partial charge in [0.2, 0.25) is 0 Å². The minimum absolute atomic E-state index is 0. The van der Waals surface area contributed by atoms with Crippen LogP contribution in [0.4, 0.5) is 0 Å². The highest BCUT2D eigenvalue weighted by atomic mass is 35.5. The Hall–Kier alpha value is -1.31. The van der Waals surface area contributed by atoms with E-state index in [9.17, 15) is 0 Å². The molecule has 0 heterocycles. The van der Waals surface area contributed by atoms with E-state index in [1.165, 1.54) is 16.7 Å². The van der Waals surface area contributed by atoms with Crippen LogP contribution in [0.15, 0.2) is 54.6 Å². The maximum absolute atomic E-state index is 3.46. The summed E-state index contributed by atoms with van der Waals surface area (Å²) in [4.78, 5) is 0. The lowest BCUT2D eigenvalue weighted by molar-refractivity contribution is 0.693. The van der Waals surface area contributed by atoms with Crippen LogP contribution in [0.1, 0.15) is 23.6 Å². The standard InChI is InChI=1S/C16H19N.ClH/c1-2-14-8-10-16(11-9-14)13-17-12-15-6-4-3-5-7-15;/h3-11,17H,2,12-13H2,1H3;1H. The molecular weight excluding hydrogens is 242 g/mol. The molecule has 0 aliphatic heterocycles. The number of nitrogens with one attached hydrogen (secondary N) is 1. The van der Waals surface area contributed by atoms with E-state index in [-0.39, 0.29) is 12.4 Å². The third-order valence-corrected chi connectivity index (χ3v) is 2.93. The molecule has 1 nitrogen and oxygen atoms in total. The van der Waals surface area contributed by atoms with E-state index in [1.807, 2.05) is 6.07 Å². The lowest BCUT2D eigenvalue weighted by atomic mass is 10.1. The van der Waals surface area contributed by atoms with E-state index in [2.05, 4.69) is 60.8 Å². The van der Waals surface area contributed by atoms with Gasteiger partial charge in [0.25, 0.3) is 0 Å². The van der Waals surface area contributed by atoms with Gasteiger partial charge in [0.15, 0.2) is 0 Å². The molecule has 0 radical (unpaired) electrons. The molecule has 96 valence electrons. The Labute approximate surface area is 116 Å². The quantitative estimate of drug-likeness (QED) is 0.859. The van der Waals surface area contributed by atoms with Gasteiger partial charge in [-0.1, -0.05) is 61.5 Å². The molecule has 0 unspecified atom stereocenters. The number of hydrogen-bond donors (Lipinski definition) is 1. The van der Waals surface area contributed by atoms with Crippen LogP contribution in [-0.2, 0) is 19.5 Å². The molecule has 0 amide bonds. The minimum atomic E-state index is 0. The second-order valence-corrected chi connectivity index (χ2v) is 4.26. The number of aryl methyl sites for hydroxylation is 1. The second kappa shape index (κ2) is 7.91. The van der Waals surface area contributed by atoms with E-state index >= 15 is 0 Å². The first-order valence-electron chi connectivity index (χ1n) is 6.21. The highest BCUT2D eigenvalue weighted by molar-refractivity contribution is 5.85. The predicted molar refractivity (Wildman–Crippen MR) is 80.1 cm³/mol. The Morgan fingerprint density at radius 2 is 1.22 bits per heavy atom. The van der Waals surface area contributed by atoms with Gasteiger partial charge in [-0.2, -0.15) is 0 Å². The molecule has 0 aliphatic carbocycles. The molecule has 0 bridgehead atoms. The number of benzene rings is 2. The molecule has 2 aromatic rings. The van der Waals surface area contributed by atoms with Crippen LogP contribution < -0.4 is 5.32 Å². The van der Waals surface area contributed by atoms with Crippen molar-refractivity contribution in [3.63, 3.8) is 0 Å². The van der Waals surface area contributed by atoms with Crippen LogP contribution in [0.25, 0.3) is 0 Å². The van der Waals surface area contributed by atoms with Gasteiger partial charge in [0.05, 0.1) is 0 Å². The highest BCUT2D eigenvalue weighted by Gasteiger charge is 1.94. The van der Waals surface area contributed by atoms with Crippen molar-refractivity contribution in [3.05, 3.63) is 71.3 Å². The lowest BCUT2D eigenvalue weighted by Gasteiger charge is -2.05. The lowest BCUT2D eigenvalue weighted by Crippen LogP contribution is -2.12. The van der Waals surface area contributed by atoms with E-state index in [0.29, 0.717) is 0 Å². The molecule has 2 heteroatoms. The Balaban J connectivity index is 0.00000162. The third kappa shape index (κ3) is 4.52. The highest BCUT2D eigenvalue weighted by Crippen LogP contribution is 2.05. The summed E-state index contributed by atoms with van der Waals surface area (Å²) in [5, 5.41) is 3.46. The van der Waals surface area contributed by atoms with Crippen molar-refractivity contribution in [2.45, 2.75) is 26.4 Å². The van der Waals surface area contributed by atoms with E-state index in [4.69, 9.17) is 0 Å². The number of rotatable bonds is 5. The molecule has 2 rings (SSSR count). The predicted octanol–water partition coefficient (Wildman–Crippen LogP) is 3.96. The van der Waals surface area contributed by atoms with Gasteiger partial charge in [-0.15, -0.1) is 12.4 Å². The van der Waals surface area contributed by atoms with Crippen molar-refractivity contribution in [2.75, 3.05) is 0 Å². The molecule has 0 fully saturated rings. The van der Waals surface area contributed by atoms with Crippen molar-refractivity contribution < 1.29 is 0 Å². The summed E-state index contributed by atoms with van der Waals surface area (Å²) in [6.07, 6.45) is 1.11. The second-order valence-electron chi connectivity index (χ2n) is 4.26. The van der Waals surface area contributed by atoms with Crippen molar-refractivity contribution in [1.29, 1.82) is 0 Å². The third-order valence-electron chi connectivity index (χ3n) is 2.93. The summed E-state index contributed by atoms with van der Waals surface area (Å²) >= 11 is 0. The largest absolute Gasteiger partial charge is 0.309 e. The zero-order chi connectivity index (χ0) is 11.9. The summed E-state index contributed by atoms with van der Waals surface area (Å²) < 4.78 is 0. The maximum Gasteiger partial charge on any atom is 0.0208 e. The van der Waals surface area contributed by atoms with E-state index < -0.39 is 0 Å². The van der Waals surface area contributed by atoms with E-state index in [1.54, 1.807) is 0 Å². The monoisotopic (exact) mass is 261 g/mol. The molecule has 18 heavy (non-hydrogen) atoms. The molecule has 0 aromatic heterocycles. The fourth-order valence-corrected chi connectivity index (χ4v) is 1.84. The van der Waals surface area contributed by atoms with Gasteiger partial charge in [-0.05, 0) is 23.1 Å². The van der Waals surface area contributed by atoms with Crippen molar-refractivity contribution in [2.24, 2.45) is 0 Å². The molecule has 0 atom stereocenters. The van der Waals surface area contributed by atoms with Gasteiger partial charge in [-0.25, -0.2) is 0 Å². The van der Waals surface area contributed by atoms with Crippen molar-refractivity contribution >= 4 is 12.4 Å². The Bertz CT molecular complexity index is 436. The summed E-state index contributed by atoms with van der Waals surface area (Å²) in [6.45, 7) is 4.04. The zero-order valence-corrected chi connectivity index (χ0v) is 11.5. The number of halogens is 1. The molecule has 1 N–H and O–H groups in total. The van der Waals surface area contributed by atoms with Gasteiger partial charge < -0.3 is 5.32 Å². The van der Waals surface area contributed by atoms with Crippen LogP contribution in [0, 0.1) is 0 Å². The molecule has 2 aromatic carbocycles. The molecule has 0 saturated heterocycles. The summed E-state index contributed by atoms with van der Waals surface area (Å²) in [5.74, 6) is 0. The number of hydrogen-bond acceptors (Lipinski definition) is 1. The Morgan fingerprint density at radius 3 is 1.78 bits per heavy atom. The van der Waals surface area contributed by atoms with Crippen LogP contribution in [0.3, 0.4) is 0 Å². The smallest absolute Gasteiger partial charge is 0.0208 e. The SMILES string of the molecule is CCc1ccc(CNCc2ccccc2)cc1.Cl. The van der Waals surface area contributed by atoms with Crippen LogP contribution in [-0.4, -0.2) is 0 Å². The topological polar surface area (TPSA) is 12.0 Å². The van der Waals surface area contributed by atoms with E-state index in [0.717, 1.165) is 19.5 Å². The van der Waals surface area contributed by atoms with Crippen molar-refractivity contribution in [3.8, 4) is 0 Å². The molecular formula is C16H20ClN. The first-order chi connectivity index (χ1) is 8.38. The van der Waals surface area contributed by atoms with Crippen molar-refractivity contribution in [1.82, 2.24) is 5.32 Å². The molecule has 0 aliphatic rings. The Morgan fingerprint density at radius 1 is 0.722 bits per heavy atom. The molecule has 0 spiro atoms.